The minimum Gasteiger partial charge on any atom is -0.295 e. The first kappa shape index (κ1) is 16.1. The monoisotopic (exact) mass is 331 g/mol. The number of nitrogens with one attached hydrogen (secondary N) is 1. The van der Waals surface area contributed by atoms with Crippen LogP contribution >= 0.6 is 0 Å². The minimum atomic E-state index is -3.74. The summed E-state index contributed by atoms with van der Waals surface area (Å²) in [5, 5.41) is 0. The second-order valence-electron chi connectivity index (χ2n) is 5.20. The van der Waals surface area contributed by atoms with Gasteiger partial charge in [0.1, 0.15) is 0 Å². The van der Waals surface area contributed by atoms with E-state index in [-0.39, 0.29) is 34.6 Å². The molecule has 6 nitrogen and oxygen atoms in total. The number of hydrogen-bond acceptors (Lipinski definition) is 5. The molecule has 0 bridgehead atoms. The van der Waals surface area contributed by atoms with Gasteiger partial charge in [-0.05, 0) is 31.4 Å². The number of carbonyl (C=O) groups is 1. The number of carbonyl (C=O) groups excluding carboxylic acids is 1. The first-order chi connectivity index (χ1) is 9.70. The highest BCUT2D eigenvalue weighted by atomic mass is 32.2. The summed E-state index contributed by atoms with van der Waals surface area (Å²) in [5.74, 6) is -0.280. The quantitative estimate of drug-likeness (QED) is 0.797. The molecule has 1 aromatic rings. The summed E-state index contributed by atoms with van der Waals surface area (Å²) in [5.41, 5.74) is 0.321. The molecule has 0 saturated carbocycles. The molecule has 2 rings (SSSR count). The van der Waals surface area contributed by atoms with E-state index in [0.29, 0.717) is 12.0 Å². The van der Waals surface area contributed by atoms with Crippen molar-refractivity contribution in [1.29, 1.82) is 0 Å². The van der Waals surface area contributed by atoms with Gasteiger partial charge in [0.2, 0.25) is 10.0 Å². The first-order valence-corrected chi connectivity index (χ1v) is 9.81. The van der Waals surface area contributed by atoms with E-state index in [0.717, 1.165) is 0 Å². The molecule has 1 heterocycles. The van der Waals surface area contributed by atoms with Crippen molar-refractivity contribution in [1.82, 2.24) is 4.72 Å². The van der Waals surface area contributed by atoms with E-state index in [1.54, 1.807) is 6.07 Å². The van der Waals surface area contributed by atoms with Crippen molar-refractivity contribution in [2.75, 3.05) is 18.1 Å². The highest BCUT2D eigenvalue weighted by Crippen LogP contribution is 2.19. The summed E-state index contributed by atoms with van der Waals surface area (Å²) < 4.78 is 49.4. The smallest absolute Gasteiger partial charge is 0.240 e. The van der Waals surface area contributed by atoms with Gasteiger partial charge < -0.3 is 0 Å². The fraction of sp³-hybridized carbons (Fsp3) is 0.462. The number of rotatable bonds is 5. The summed E-state index contributed by atoms with van der Waals surface area (Å²) in [7, 11) is -6.76. The lowest BCUT2D eigenvalue weighted by Gasteiger charge is -2.11. The third-order valence-electron chi connectivity index (χ3n) is 3.44. The Morgan fingerprint density at radius 2 is 2.10 bits per heavy atom. The molecule has 8 heteroatoms. The minimum absolute atomic E-state index is 0.0102. The van der Waals surface area contributed by atoms with Gasteiger partial charge in [-0.2, -0.15) is 0 Å². The van der Waals surface area contributed by atoms with Crippen LogP contribution in [0.15, 0.2) is 29.2 Å². The Balaban J connectivity index is 2.09. The zero-order valence-electron chi connectivity index (χ0n) is 11.6. The van der Waals surface area contributed by atoms with Gasteiger partial charge in [-0.25, -0.2) is 21.6 Å². The van der Waals surface area contributed by atoms with Gasteiger partial charge in [0.15, 0.2) is 15.6 Å². The molecule has 1 aliphatic rings. The van der Waals surface area contributed by atoms with Crippen molar-refractivity contribution in [3.63, 3.8) is 0 Å². The van der Waals surface area contributed by atoms with Crippen LogP contribution in [-0.2, 0) is 19.9 Å². The number of ketones is 1. The molecule has 1 aromatic carbocycles. The number of hydrogen-bond donors (Lipinski definition) is 1. The molecule has 0 radical (unpaired) electrons. The Morgan fingerprint density at radius 1 is 1.38 bits per heavy atom. The Labute approximate surface area is 124 Å². The Kier molecular flexibility index (Phi) is 4.50. The van der Waals surface area contributed by atoms with Crippen LogP contribution < -0.4 is 4.72 Å². The van der Waals surface area contributed by atoms with Crippen LogP contribution in [0.4, 0.5) is 0 Å². The van der Waals surface area contributed by atoms with E-state index in [4.69, 9.17) is 0 Å². The molecular weight excluding hydrogens is 314 g/mol. The number of sulfone groups is 1. The maximum Gasteiger partial charge on any atom is 0.240 e. The molecule has 1 saturated heterocycles. The highest BCUT2D eigenvalue weighted by Gasteiger charge is 2.29. The maximum atomic E-state index is 12.2. The van der Waals surface area contributed by atoms with Crippen molar-refractivity contribution in [2.24, 2.45) is 5.92 Å². The SMILES string of the molecule is CC(=O)c1cccc(S(=O)(=O)NC[C@@H]2CCS(=O)(=O)C2)c1. The fourth-order valence-corrected chi connectivity index (χ4v) is 5.25. The Bertz CT molecular complexity index is 753. The summed E-state index contributed by atoms with van der Waals surface area (Å²) >= 11 is 0. The lowest BCUT2D eigenvalue weighted by Crippen LogP contribution is -2.30. The molecule has 0 spiro atoms. The molecule has 21 heavy (non-hydrogen) atoms. The van der Waals surface area contributed by atoms with E-state index in [9.17, 15) is 21.6 Å². The second-order valence-corrected chi connectivity index (χ2v) is 9.20. The van der Waals surface area contributed by atoms with Crippen LogP contribution in [0.3, 0.4) is 0 Å². The van der Waals surface area contributed by atoms with Gasteiger partial charge in [0, 0.05) is 12.1 Å². The van der Waals surface area contributed by atoms with Gasteiger partial charge in [-0.3, -0.25) is 4.79 Å². The number of sulfonamides is 1. The van der Waals surface area contributed by atoms with Crippen LogP contribution in [0, 0.1) is 5.92 Å². The van der Waals surface area contributed by atoms with Gasteiger partial charge >= 0.3 is 0 Å². The average Bonchev–Trinajstić information content (AvgIpc) is 2.76. The summed E-state index contributed by atoms with van der Waals surface area (Å²) in [4.78, 5) is 11.3. The van der Waals surface area contributed by atoms with Crippen molar-refractivity contribution in [2.45, 2.75) is 18.2 Å². The van der Waals surface area contributed by atoms with Gasteiger partial charge in [0.05, 0.1) is 16.4 Å². The lowest BCUT2D eigenvalue weighted by atomic mass is 10.1. The van der Waals surface area contributed by atoms with Crippen LogP contribution in [0.1, 0.15) is 23.7 Å². The van der Waals surface area contributed by atoms with E-state index >= 15 is 0 Å². The second kappa shape index (κ2) is 5.86. The standard InChI is InChI=1S/C13H17NO5S2/c1-10(15)12-3-2-4-13(7-12)21(18,19)14-8-11-5-6-20(16,17)9-11/h2-4,7,11,14H,5-6,8-9H2,1H3/t11-/m0/s1. The predicted molar refractivity (Wildman–Crippen MR) is 78.4 cm³/mol. The molecule has 0 unspecified atom stereocenters. The molecular formula is C13H17NO5S2. The third kappa shape index (κ3) is 4.12. The van der Waals surface area contributed by atoms with Gasteiger partial charge in [-0.1, -0.05) is 12.1 Å². The summed E-state index contributed by atoms with van der Waals surface area (Å²) in [6.07, 6.45) is 0.471. The van der Waals surface area contributed by atoms with Crippen molar-refractivity contribution in [3.8, 4) is 0 Å². The number of Topliss-reactive ketones (excluding diaryl/α,β-unsaturated/α-hetero) is 1. The van der Waals surface area contributed by atoms with E-state index in [1.165, 1.54) is 25.1 Å². The molecule has 1 fully saturated rings. The molecule has 116 valence electrons. The van der Waals surface area contributed by atoms with Crippen molar-refractivity contribution >= 4 is 25.6 Å². The normalized spacial score (nSPS) is 21.3. The van der Waals surface area contributed by atoms with E-state index in [1.807, 2.05) is 0 Å². The van der Waals surface area contributed by atoms with Crippen LogP contribution in [0.25, 0.3) is 0 Å². The van der Waals surface area contributed by atoms with Crippen LogP contribution in [0.2, 0.25) is 0 Å². The molecule has 1 aliphatic heterocycles. The maximum absolute atomic E-state index is 12.2. The van der Waals surface area contributed by atoms with Crippen LogP contribution in [-0.4, -0.2) is 40.7 Å². The molecule has 0 aliphatic carbocycles. The molecule has 0 amide bonds. The van der Waals surface area contributed by atoms with Gasteiger partial charge in [0.25, 0.3) is 0 Å². The van der Waals surface area contributed by atoms with Crippen molar-refractivity contribution in [3.05, 3.63) is 29.8 Å². The highest BCUT2D eigenvalue weighted by molar-refractivity contribution is 7.91. The lowest BCUT2D eigenvalue weighted by molar-refractivity contribution is 0.101. The third-order valence-corrected chi connectivity index (χ3v) is 6.70. The Hall–Kier alpha value is -1.25. The summed E-state index contributed by atoms with van der Waals surface area (Å²) in [6, 6.07) is 5.77. The van der Waals surface area contributed by atoms with Crippen molar-refractivity contribution < 1.29 is 21.6 Å². The topological polar surface area (TPSA) is 97.4 Å². The molecule has 1 N–H and O–H groups in total. The summed E-state index contributed by atoms with van der Waals surface area (Å²) in [6.45, 7) is 1.45. The molecule has 0 aromatic heterocycles. The number of benzene rings is 1. The first-order valence-electron chi connectivity index (χ1n) is 6.51. The molecule has 1 atom stereocenters. The Morgan fingerprint density at radius 3 is 2.67 bits per heavy atom. The predicted octanol–water partition coefficient (Wildman–Crippen LogP) is 0.602. The van der Waals surface area contributed by atoms with Gasteiger partial charge in [-0.15, -0.1) is 0 Å². The largest absolute Gasteiger partial charge is 0.295 e. The fourth-order valence-electron chi connectivity index (χ4n) is 2.23. The van der Waals surface area contributed by atoms with E-state index in [2.05, 4.69) is 4.72 Å². The zero-order valence-corrected chi connectivity index (χ0v) is 13.2. The zero-order chi connectivity index (χ0) is 15.7. The van der Waals surface area contributed by atoms with Crippen LogP contribution in [0.5, 0.6) is 0 Å². The van der Waals surface area contributed by atoms with E-state index < -0.39 is 19.9 Å². The average molecular weight is 331 g/mol.